The van der Waals surface area contributed by atoms with Gasteiger partial charge in [-0.05, 0) is 18.2 Å². The van der Waals surface area contributed by atoms with E-state index in [1.165, 1.54) is 41.6 Å². The number of benzene rings is 2. The van der Waals surface area contributed by atoms with E-state index in [2.05, 4.69) is 0 Å². The summed E-state index contributed by atoms with van der Waals surface area (Å²) in [5, 5.41) is 19.9. The molecule has 0 radical (unpaired) electrons. The normalized spacial score (nSPS) is 10.0. The van der Waals surface area contributed by atoms with Gasteiger partial charge >= 0.3 is 5.97 Å². The highest BCUT2D eigenvalue weighted by molar-refractivity contribution is 6.14. The monoisotopic (exact) mass is 272 g/mol. The molecule has 6 heteroatoms. The minimum Gasteiger partial charge on any atom is -0.502 e. The molecule has 2 aromatic carbocycles. The molecule has 2 aromatic rings. The number of carbonyl (C=O) groups excluding carboxylic acids is 1. The Bertz CT molecular complexity index is 708. The summed E-state index contributed by atoms with van der Waals surface area (Å²) in [6.45, 7) is 0. The van der Waals surface area contributed by atoms with Gasteiger partial charge in [0, 0.05) is 27.3 Å². The Kier molecular flexibility index (Phi) is 3.56. The molecule has 0 aliphatic heterocycles. The molecule has 0 saturated carbocycles. The third-order valence-corrected chi connectivity index (χ3v) is 2.77. The topological polar surface area (TPSA) is 106 Å². The number of nitroso groups, excluding NO2 is 1. The maximum atomic E-state index is 12.3. The van der Waals surface area contributed by atoms with Crippen LogP contribution in [0.25, 0.3) is 0 Å². The molecule has 0 aliphatic carbocycles. The molecule has 0 aliphatic rings. The van der Waals surface area contributed by atoms with E-state index in [9.17, 15) is 19.6 Å². The minimum absolute atomic E-state index is 0.0162. The largest absolute Gasteiger partial charge is 0.502 e. The van der Waals surface area contributed by atoms with Crippen LogP contribution in [0, 0.1) is 4.91 Å². The van der Waals surface area contributed by atoms with Crippen molar-refractivity contribution in [2.45, 2.75) is 0 Å². The Hall–Kier alpha value is -3.02. The number of nitrogens with one attached hydrogen (secondary N) is 1. The fourth-order valence-corrected chi connectivity index (χ4v) is 1.78. The Morgan fingerprint density at radius 3 is 2.25 bits per heavy atom. The van der Waals surface area contributed by atoms with Gasteiger partial charge in [0.2, 0.25) is 0 Å². The number of phenols is 1. The van der Waals surface area contributed by atoms with Gasteiger partial charge < -0.3 is 10.2 Å². The first-order valence-corrected chi connectivity index (χ1v) is 5.62. The number of carboxylic acid groups (broad SMARTS) is 1. The maximum Gasteiger partial charge on any atom is 0.336 e. The second kappa shape index (κ2) is 5.31. The number of carboxylic acids is 1. The summed E-state index contributed by atoms with van der Waals surface area (Å²) >= 11 is 0. The zero-order valence-electron chi connectivity index (χ0n) is 10.2. The predicted molar refractivity (Wildman–Crippen MR) is 68.9 cm³/mol. The molecule has 6 nitrogen and oxygen atoms in total. The average Bonchev–Trinajstić information content (AvgIpc) is 2.47. The molecule has 0 aromatic heterocycles. The average molecular weight is 272 g/mol. The van der Waals surface area contributed by atoms with Crippen LogP contribution in [0.2, 0.25) is 0 Å². The van der Waals surface area contributed by atoms with E-state index in [4.69, 9.17) is 5.11 Å². The number of aromatic hydroxyl groups is 1. The van der Waals surface area contributed by atoms with Crippen LogP contribution in [0.5, 0.6) is 5.75 Å². The molecule has 0 atom stereocenters. The molecular formula is C14H10NO5+. The summed E-state index contributed by atoms with van der Waals surface area (Å²) in [6.07, 6.45) is 0. The highest BCUT2D eigenvalue weighted by Gasteiger charge is 2.19. The van der Waals surface area contributed by atoms with Gasteiger partial charge in [0.05, 0.1) is 5.56 Å². The van der Waals surface area contributed by atoms with E-state index in [1.807, 2.05) is 0 Å². The Labute approximate surface area is 113 Å². The van der Waals surface area contributed by atoms with Gasteiger partial charge in [-0.15, -0.1) is 0 Å². The van der Waals surface area contributed by atoms with E-state index in [0.717, 1.165) is 0 Å². The van der Waals surface area contributed by atoms with Crippen molar-refractivity contribution in [2.75, 3.05) is 0 Å². The molecule has 2 rings (SSSR count). The Balaban J connectivity index is 2.52. The van der Waals surface area contributed by atoms with Gasteiger partial charge in [0.1, 0.15) is 0 Å². The van der Waals surface area contributed by atoms with Crippen molar-refractivity contribution in [2.24, 2.45) is 0 Å². The number of hydrogen-bond acceptors (Lipinski definition) is 4. The Morgan fingerprint density at radius 1 is 1.00 bits per heavy atom. The summed E-state index contributed by atoms with van der Waals surface area (Å²) in [4.78, 5) is 34.0. The summed E-state index contributed by atoms with van der Waals surface area (Å²) in [5.41, 5.74) is -0.150. The molecule has 0 spiro atoms. The van der Waals surface area contributed by atoms with Crippen LogP contribution in [0.4, 0.5) is 5.69 Å². The van der Waals surface area contributed by atoms with Crippen molar-refractivity contribution in [3.05, 3.63) is 64.1 Å². The van der Waals surface area contributed by atoms with Crippen molar-refractivity contribution in [1.82, 2.24) is 0 Å². The van der Waals surface area contributed by atoms with Crippen molar-refractivity contribution in [3.8, 4) is 5.75 Å². The Morgan fingerprint density at radius 2 is 1.65 bits per heavy atom. The second-order valence-electron chi connectivity index (χ2n) is 4.01. The summed E-state index contributed by atoms with van der Waals surface area (Å²) < 4.78 is 0. The molecule has 3 N–H and O–H groups in total. The molecule has 0 saturated heterocycles. The first-order valence-electron chi connectivity index (χ1n) is 5.62. The summed E-state index contributed by atoms with van der Waals surface area (Å²) in [7, 11) is 0. The van der Waals surface area contributed by atoms with E-state index < -0.39 is 11.8 Å². The van der Waals surface area contributed by atoms with Crippen molar-refractivity contribution >= 4 is 17.4 Å². The molecule has 0 unspecified atom stereocenters. The predicted octanol–water partition coefficient (Wildman–Crippen LogP) is 0.800. The van der Waals surface area contributed by atoms with Crippen LogP contribution >= 0.6 is 0 Å². The van der Waals surface area contributed by atoms with Gasteiger partial charge in [-0.2, -0.15) is 0 Å². The van der Waals surface area contributed by atoms with Crippen LogP contribution in [0.1, 0.15) is 26.3 Å². The number of phenolic OH excluding ortho intramolecular Hbond substituents is 1. The van der Waals surface area contributed by atoms with Gasteiger partial charge in [0.25, 0.3) is 5.69 Å². The first-order chi connectivity index (χ1) is 9.54. The molecule has 0 bridgehead atoms. The number of aromatic carboxylic acids is 1. The van der Waals surface area contributed by atoms with E-state index in [1.54, 1.807) is 6.07 Å². The molecule has 0 heterocycles. The fraction of sp³-hybridized carbons (Fsp3) is 0. The number of hydrogen-bond donors (Lipinski definition) is 3. The summed E-state index contributed by atoms with van der Waals surface area (Å²) in [5.74, 6) is -2.04. The van der Waals surface area contributed by atoms with E-state index in [-0.39, 0.29) is 28.1 Å². The van der Waals surface area contributed by atoms with Gasteiger partial charge in [0.15, 0.2) is 11.5 Å². The quantitative estimate of drug-likeness (QED) is 0.564. The van der Waals surface area contributed by atoms with Crippen LogP contribution in [-0.4, -0.2) is 22.0 Å². The van der Waals surface area contributed by atoms with E-state index in [0.29, 0.717) is 0 Å². The lowest BCUT2D eigenvalue weighted by Crippen LogP contribution is -2.55. The molecule has 100 valence electrons. The highest BCUT2D eigenvalue weighted by atomic mass is 16.4. The first kappa shape index (κ1) is 13.4. The van der Waals surface area contributed by atoms with Crippen LogP contribution in [-0.2, 0) is 0 Å². The lowest BCUT2D eigenvalue weighted by molar-refractivity contribution is -0.380. The van der Waals surface area contributed by atoms with Gasteiger partial charge in [-0.1, -0.05) is 18.2 Å². The smallest absolute Gasteiger partial charge is 0.336 e. The fourth-order valence-electron chi connectivity index (χ4n) is 1.78. The third-order valence-electron chi connectivity index (χ3n) is 2.77. The van der Waals surface area contributed by atoms with E-state index >= 15 is 0 Å². The number of rotatable bonds is 4. The lowest BCUT2D eigenvalue weighted by Gasteiger charge is -2.05. The highest BCUT2D eigenvalue weighted by Crippen LogP contribution is 2.22. The number of ketones is 1. The zero-order chi connectivity index (χ0) is 14.7. The van der Waals surface area contributed by atoms with Crippen LogP contribution in [0.15, 0.2) is 42.5 Å². The lowest BCUT2D eigenvalue weighted by atomic mass is 9.98. The van der Waals surface area contributed by atoms with Crippen LogP contribution < -0.4 is 5.18 Å². The van der Waals surface area contributed by atoms with Crippen molar-refractivity contribution < 1.29 is 25.0 Å². The molecular weight excluding hydrogens is 262 g/mol. The van der Waals surface area contributed by atoms with Crippen molar-refractivity contribution in [1.29, 1.82) is 0 Å². The minimum atomic E-state index is -1.21. The third kappa shape index (κ3) is 2.39. The standard InChI is InChI=1S/C14H9NO5/c16-12-6-5-8(7-11(12)15-20)13(17)9-3-1-2-4-10(9)14(18)19/h1-7,16H,(H,18,19)/p+1. The van der Waals surface area contributed by atoms with Gasteiger partial charge in [-0.25, -0.2) is 4.79 Å². The molecule has 0 amide bonds. The van der Waals surface area contributed by atoms with Gasteiger partial charge in [-0.3, -0.25) is 4.79 Å². The zero-order valence-corrected chi connectivity index (χ0v) is 10.2. The maximum absolute atomic E-state index is 12.3. The van der Waals surface area contributed by atoms with Crippen molar-refractivity contribution in [3.63, 3.8) is 0 Å². The molecule has 0 fully saturated rings. The summed E-state index contributed by atoms with van der Waals surface area (Å²) in [6, 6.07) is 9.46. The molecule has 20 heavy (non-hydrogen) atoms. The second-order valence-corrected chi connectivity index (χ2v) is 4.01. The van der Waals surface area contributed by atoms with Crippen LogP contribution in [0.3, 0.4) is 0 Å². The SMILES string of the molecule is O=[NH+]c1cc(C(=O)c2ccccc2C(=O)O)ccc1O. The number of carbonyl (C=O) groups is 2.